The van der Waals surface area contributed by atoms with Crippen molar-refractivity contribution in [2.24, 2.45) is 5.92 Å². The van der Waals surface area contributed by atoms with Crippen LogP contribution in [0.4, 0.5) is 0 Å². The predicted molar refractivity (Wildman–Crippen MR) is 78.3 cm³/mol. The molecule has 0 fully saturated rings. The Morgan fingerprint density at radius 2 is 2.00 bits per heavy atom. The molecule has 4 nitrogen and oxygen atoms in total. The van der Waals surface area contributed by atoms with Gasteiger partial charge in [-0.1, -0.05) is 38.8 Å². The molecule has 108 valence electrons. The number of nitriles is 1. The van der Waals surface area contributed by atoms with E-state index < -0.39 is 0 Å². The molecule has 1 aromatic carbocycles. The lowest BCUT2D eigenvalue weighted by atomic mass is 9.95. The Morgan fingerprint density at radius 1 is 1.35 bits per heavy atom. The fourth-order valence-electron chi connectivity index (χ4n) is 2.24. The van der Waals surface area contributed by atoms with Gasteiger partial charge in [0.2, 0.25) is 0 Å². The molecule has 0 aromatic heterocycles. The molecule has 1 atom stereocenters. The van der Waals surface area contributed by atoms with Crippen molar-refractivity contribution in [1.82, 2.24) is 5.32 Å². The van der Waals surface area contributed by atoms with Crippen molar-refractivity contribution in [2.75, 3.05) is 6.61 Å². The summed E-state index contributed by atoms with van der Waals surface area (Å²) in [5, 5.41) is 11.9. The maximum Gasteiger partial charge on any atom is 0.258 e. The van der Waals surface area contributed by atoms with Crippen LogP contribution in [0.5, 0.6) is 5.75 Å². The van der Waals surface area contributed by atoms with E-state index >= 15 is 0 Å². The minimum absolute atomic E-state index is 0.0663. The molecule has 1 N–H and O–H groups in total. The number of amides is 1. The van der Waals surface area contributed by atoms with Crippen molar-refractivity contribution < 1.29 is 9.53 Å². The van der Waals surface area contributed by atoms with Crippen molar-refractivity contribution >= 4 is 5.91 Å². The number of ether oxygens (including phenoxy) is 1. The quantitative estimate of drug-likeness (QED) is 0.831. The van der Waals surface area contributed by atoms with Crippen LogP contribution >= 0.6 is 0 Å². The van der Waals surface area contributed by atoms with Crippen LogP contribution in [0.15, 0.2) is 24.3 Å². The third-order valence-corrected chi connectivity index (χ3v) is 3.51. The van der Waals surface area contributed by atoms with E-state index in [0.717, 1.165) is 12.8 Å². The molecule has 0 saturated carbocycles. The SMILES string of the molecule is CCC(CC)C(C)NC(=O)COc1ccccc1C#N. The normalized spacial score (nSPS) is 11.8. The lowest BCUT2D eigenvalue weighted by molar-refractivity contribution is -0.124. The lowest BCUT2D eigenvalue weighted by Gasteiger charge is -2.22. The highest BCUT2D eigenvalue weighted by atomic mass is 16.5. The number of carbonyl (C=O) groups is 1. The number of nitrogens with zero attached hydrogens (tertiary/aromatic N) is 1. The summed E-state index contributed by atoms with van der Waals surface area (Å²) in [5.41, 5.74) is 0.438. The van der Waals surface area contributed by atoms with Crippen LogP contribution in [0.2, 0.25) is 0 Å². The summed E-state index contributed by atoms with van der Waals surface area (Å²) in [5.74, 6) is 0.767. The van der Waals surface area contributed by atoms with Crippen LogP contribution in [0, 0.1) is 17.2 Å². The summed E-state index contributed by atoms with van der Waals surface area (Å²) in [7, 11) is 0. The molecule has 0 spiro atoms. The van der Waals surface area contributed by atoms with Gasteiger partial charge >= 0.3 is 0 Å². The molecule has 1 rings (SSSR count). The van der Waals surface area contributed by atoms with E-state index in [1.165, 1.54) is 0 Å². The Balaban J connectivity index is 2.50. The standard InChI is InChI=1S/C16H22N2O2/c1-4-13(5-2)12(3)18-16(19)11-20-15-9-7-6-8-14(15)10-17/h6-9,12-13H,4-5,11H2,1-3H3,(H,18,19). The second-order valence-corrected chi connectivity index (χ2v) is 4.83. The average Bonchev–Trinajstić information content (AvgIpc) is 2.46. The molecule has 0 aliphatic heterocycles. The number of para-hydroxylation sites is 1. The average molecular weight is 274 g/mol. The minimum Gasteiger partial charge on any atom is -0.482 e. The van der Waals surface area contributed by atoms with Crippen molar-refractivity contribution in [2.45, 2.75) is 39.7 Å². The molecule has 0 heterocycles. The molecule has 1 aromatic rings. The van der Waals surface area contributed by atoms with E-state index in [1.54, 1.807) is 24.3 Å². The zero-order valence-electron chi connectivity index (χ0n) is 12.3. The van der Waals surface area contributed by atoms with Crippen molar-refractivity contribution in [3.8, 4) is 11.8 Å². The highest BCUT2D eigenvalue weighted by Crippen LogP contribution is 2.16. The van der Waals surface area contributed by atoms with E-state index in [9.17, 15) is 4.79 Å². The topological polar surface area (TPSA) is 62.1 Å². The zero-order valence-corrected chi connectivity index (χ0v) is 12.3. The lowest BCUT2D eigenvalue weighted by Crippen LogP contribution is -2.40. The Labute approximate surface area is 120 Å². The predicted octanol–water partition coefficient (Wildman–Crippen LogP) is 2.88. The molecule has 0 aliphatic carbocycles. The number of hydrogen-bond acceptors (Lipinski definition) is 3. The molecular weight excluding hydrogens is 252 g/mol. The van der Waals surface area contributed by atoms with Crippen LogP contribution in [0.1, 0.15) is 39.2 Å². The largest absolute Gasteiger partial charge is 0.482 e. The number of rotatable bonds is 7. The number of carbonyl (C=O) groups excluding carboxylic acids is 1. The fraction of sp³-hybridized carbons (Fsp3) is 0.500. The van der Waals surface area contributed by atoms with E-state index in [1.807, 2.05) is 13.0 Å². The molecule has 0 radical (unpaired) electrons. The van der Waals surface area contributed by atoms with Crippen LogP contribution < -0.4 is 10.1 Å². The number of hydrogen-bond donors (Lipinski definition) is 1. The van der Waals surface area contributed by atoms with E-state index in [4.69, 9.17) is 10.00 Å². The number of benzene rings is 1. The Bertz CT molecular complexity index is 476. The van der Waals surface area contributed by atoms with E-state index in [0.29, 0.717) is 17.2 Å². The van der Waals surface area contributed by atoms with Gasteiger partial charge in [0.1, 0.15) is 11.8 Å². The first-order valence-corrected chi connectivity index (χ1v) is 7.03. The molecule has 20 heavy (non-hydrogen) atoms. The summed E-state index contributed by atoms with van der Waals surface area (Å²) < 4.78 is 5.40. The van der Waals surface area contributed by atoms with E-state index in [2.05, 4.69) is 19.2 Å². The smallest absolute Gasteiger partial charge is 0.258 e. The maximum absolute atomic E-state index is 11.8. The van der Waals surface area contributed by atoms with Gasteiger partial charge in [0, 0.05) is 6.04 Å². The first kappa shape index (κ1) is 16.0. The van der Waals surface area contributed by atoms with Crippen LogP contribution in [0.25, 0.3) is 0 Å². The highest BCUT2D eigenvalue weighted by molar-refractivity contribution is 5.77. The minimum atomic E-state index is -0.155. The third-order valence-electron chi connectivity index (χ3n) is 3.51. The summed E-state index contributed by atoms with van der Waals surface area (Å²) in [4.78, 5) is 11.8. The van der Waals surface area contributed by atoms with Gasteiger partial charge in [-0.25, -0.2) is 0 Å². The fourth-order valence-corrected chi connectivity index (χ4v) is 2.24. The van der Waals surface area contributed by atoms with Gasteiger partial charge in [0.05, 0.1) is 5.56 Å². The summed E-state index contributed by atoms with van der Waals surface area (Å²) in [6, 6.07) is 9.07. The third kappa shape index (κ3) is 4.58. The first-order chi connectivity index (χ1) is 9.62. The molecule has 1 unspecified atom stereocenters. The summed E-state index contributed by atoms with van der Waals surface area (Å²) in [6.07, 6.45) is 2.08. The summed E-state index contributed by atoms with van der Waals surface area (Å²) in [6.45, 7) is 6.19. The molecule has 4 heteroatoms. The Hall–Kier alpha value is -2.02. The monoisotopic (exact) mass is 274 g/mol. The van der Waals surface area contributed by atoms with Gasteiger partial charge in [-0.05, 0) is 25.0 Å². The first-order valence-electron chi connectivity index (χ1n) is 7.03. The summed E-state index contributed by atoms with van der Waals surface area (Å²) >= 11 is 0. The molecule has 1 amide bonds. The Morgan fingerprint density at radius 3 is 2.60 bits per heavy atom. The van der Waals surface area contributed by atoms with Gasteiger partial charge < -0.3 is 10.1 Å². The van der Waals surface area contributed by atoms with Crippen molar-refractivity contribution in [1.29, 1.82) is 5.26 Å². The number of nitrogens with one attached hydrogen (secondary N) is 1. The molecule has 0 saturated heterocycles. The van der Waals surface area contributed by atoms with Crippen LogP contribution in [0.3, 0.4) is 0 Å². The zero-order chi connectivity index (χ0) is 15.0. The van der Waals surface area contributed by atoms with Gasteiger partial charge in [-0.15, -0.1) is 0 Å². The van der Waals surface area contributed by atoms with Gasteiger partial charge in [0.25, 0.3) is 5.91 Å². The van der Waals surface area contributed by atoms with Crippen LogP contribution in [-0.4, -0.2) is 18.6 Å². The van der Waals surface area contributed by atoms with E-state index in [-0.39, 0.29) is 18.6 Å². The highest BCUT2D eigenvalue weighted by Gasteiger charge is 2.16. The second kappa shape index (κ2) is 8.21. The van der Waals surface area contributed by atoms with Gasteiger partial charge in [-0.3, -0.25) is 4.79 Å². The second-order valence-electron chi connectivity index (χ2n) is 4.83. The molecule has 0 bridgehead atoms. The van der Waals surface area contributed by atoms with Crippen molar-refractivity contribution in [3.63, 3.8) is 0 Å². The molecule has 0 aliphatic rings. The Kier molecular flexibility index (Phi) is 6.58. The van der Waals surface area contributed by atoms with Crippen LogP contribution in [-0.2, 0) is 4.79 Å². The van der Waals surface area contributed by atoms with Crippen molar-refractivity contribution in [3.05, 3.63) is 29.8 Å². The van der Waals surface area contributed by atoms with Gasteiger partial charge in [0.15, 0.2) is 6.61 Å². The maximum atomic E-state index is 11.8. The van der Waals surface area contributed by atoms with Gasteiger partial charge in [-0.2, -0.15) is 5.26 Å². The molecular formula is C16H22N2O2.